The molecule has 1 aromatic rings. The van der Waals surface area contributed by atoms with Crippen LogP contribution in [0.3, 0.4) is 0 Å². The van der Waals surface area contributed by atoms with Gasteiger partial charge in [0.05, 0.1) is 18.3 Å². The molecule has 17 heavy (non-hydrogen) atoms. The van der Waals surface area contributed by atoms with E-state index in [0.717, 1.165) is 24.9 Å². The molecule has 88 valence electrons. The summed E-state index contributed by atoms with van der Waals surface area (Å²) in [6.07, 6.45) is 4.45. The summed E-state index contributed by atoms with van der Waals surface area (Å²) >= 11 is 0. The van der Waals surface area contributed by atoms with Crippen LogP contribution in [0.2, 0.25) is 0 Å². The van der Waals surface area contributed by atoms with Crippen molar-refractivity contribution in [2.24, 2.45) is 0 Å². The van der Waals surface area contributed by atoms with Gasteiger partial charge in [0, 0.05) is 5.54 Å². The van der Waals surface area contributed by atoms with Gasteiger partial charge >= 0.3 is 5.97 Å². The first-order valence-electron chi connectivity index (χ1n) is 5.50. The number of hydrogen-bond acceptors (Lipinski definition) is 4. The molecule has 0 atom stereocenters. The van der Waals surface area contributed by atoms with Crippen LogP contribution in [0.5, 0.6) is 0 Å². The third-order valence-corrected chi connectivity index (χ3v) is 3.09. The van der Waals surface area contributed by atoms with Crippen molar-refractivity contribution in [1.29, 1.82) is 5.26 Å². The van der Waals surface area contributed by atoms with Gasteiger partial charge < -0.3 is 10.4 Å². The molecule has 0 radical (unpaired) electrons. The lowest BCUT2D eigenvalue weighted by Crippen LogP contribution is -2.46. The molecule has 0 aromatic carbocycles. The average Bonchev–Trinajstić information content (AvgIpc) is 2.26. The summed E-state index contributed by atoms with van der Waals surface area (Å²) < 4.78 is 0. The second-order valence-electron chi connectivity index (χ2n) is 4.37. The van der Waals surface area contributed by atoms with Crippen LogP contribution in [0, 0.1) is 11.3 Å². The maximum absolute atomic E-state index is 10.8. The lowest BCUT2D eigenvalue weighted by atomic mass is 9.74. The van der Waals surface area contributed by atoms with E-state index in [2.05, 4.69) is 10.3 Å². The van der Waals surface area contributed by atoms with E-state index in [-0.39, 0.29) is 12.0 Å². The van der Waals surface area contributed by atoms with Crippen molar-refractivity contribution in [2.45, 2.75) is 31.2 Å². The molecule has 0 spiro atoms. The van der Waals surface area contributed by atoms with Crippen LogP contribution in [0.25, 0.3) is 0 Å². The Labute approximate surface area is 99.1 Å². The van der Waals surface area contributed by atoms with Gasteiger partial charge in [0.1, 0.15) is 11.8 Å². The Kier molecular flexibility index (Phi) is 2.96. The van der Waals surface area contributed by atoms with Crippen molar-refractivity contribution < 1.29 is 9.90 Å². The number of carbonyl (C=O) groups is 1. The van der Waals surface area contributed by atoms with Crippen LogP contribution in [0.1, 0.15) is 31.4 Å². The number of aromatic nitrogens is 1. The number of carboxylic acid groups (broad SMARTS) is 1. The molecule has 2 rings (SSSR count). The van der Waals surface area contributed by atoms with Crippen LogP contribution in [-0.4, -0.2) is 21.6 Å². The molecule has 5 nitrogen and oxygen atoms in total. The number of nitrogens with zero attached hydrogens (tertiary/aromatic N) is 2. The number of aliphatic carboxylic acids is 1. The van der Waals surface area contributed by atoms with Gasteiger partial charge in [0.15, 0.2) is 0 Å². The van der Waals surface area contributed by atoms with Gasteiger partial charge in [0.25, 0.3) is 0 Å². The van der Waals surface area contributed by atoms with Gasteiger partial charge in [-0.3, -0.25) is 4.79 Å². The van der Waals surface area contributed by atoms with Crippen molar-refractivity contribution in [3.63, 3.8) is 0 Å². The van der Waals surface area contributed by atoms with Crippen LogP contribution in [0.4, 0.5) is 5.69 Å². The van der Waals surface area contributed by atoms with E-state index in [1.165, 1.54) is 0 Å². The van der Waals surface area contributed by atoms with Gasteiger partial charge in [-0.2, -0.15) is 5.26 Å². The van der Waals surface area contributed by atoms with E-state index < -0.39 is 5.97 Å². The zero-order valence-corrected chi connectivity index (χ0v) is 9.31. The molecule has 0 bridgehead atoms. The highest BCUT2D eigenvalue weighted by Gasteiger charge is 2.38. The fourth-order valence-electron chi connectivity index (χ4n) is 2.08. The largest absolute Gasteiger partial charge is 0.481 e. The molecule has 2 N–H and O–H groups in total. The first-order valence-corrected chi connectivity index (χ1v) is 5.50. The van der Waals surface area contributed by atoms with Gasteiger partial charge in [-0.05, 0) is 31.4 Å². The molecule has 1 aliphatic rings. The Morgan fingerprint density at radius 3 is 2.76 bits per heavy atom. The Hall–Kier alpha value is -2.09. The quantitative estimate of drug-likeness (QED) is 0.824. The van der Waals surface area contributed by atoms with Gasteiger partial charge in [-0.15, -0.1) is 0 Å². The SMILES string of the molecule is N#Cc1ccc(NC2(CC(=O)O)CCC2)cn1. The maximum Gasteiger partial charge on any atom is 0.305 e. The predicted molar refractivity (Wildman–Crippen MR) is 61.4 cm³/mol. The summed E-state index contributed by atoms with van der Waals surface area (Å²) in [6, 6.07) is 5.32. The van der Waals surface area contributed by atoms with Crippen LogP contribution in [-0.2, 0) is 4.79 Å². The van der Waals surface area contributed by atoms with E-state index in [1.54, 1.807) is 18.3 Å². The molecule has 1 heterocycles. The van der Waals surface area contributed by atoms with E-state index in [0.29, 0.717) is 5.69 Å². The third-order valence-electron chi connectivity index (χ3n) is 3.09. The second kappa shape index (κ2) is 4.42. The van der Waals surface area contributed by atoms with Crippen molar-refractivity contribution in [3.05, 3.63) is 24.0 Å². The molecule has 0 aliphatic heterocycles. The zero-order chi connectivity index (χ0) is 12.3. The molecule has 0 saturated heterocycles. The van der Waals surface area contributed by atoms with E-state index in [4.69, 9.17) is 10.4 Å². The molecule has 1 fully saturated rings. The van der Waals surface area contributed by atoms with Gasteiger partial charge in [0.2, 0.25) is 0 Å². The highest BCUT2D eigenvalue weighted by molar-refractivity contribution is 5.70. The number of rotatable bonds is 4. The second-order valence-corrected chi connectivity index (χ2v) is 4.37. The maximum atomic E-state index is 10.8. The van der Waals surface area contributed by atoms with Crippen molar-refractivity contribution >= 4 is 11.7 Å². The summed E-state index contributed by atoms with van der Waals surface area (Å²) in [4.78, 5) is 14.7. The highest BCUT2D eigenvalue weighted by Crippen LogP contribution is 2.38. The summed E-state index contributed by atoms with van der Waals surface area (Å²) in [6.45, 7) is 0. The van der Waals surface area contributed by atoms with Crippen molar-refractivity contribution in [1.82, 2.24) is 4.98 Å². The first-order chi connectivity index (χ1) is 8.13. The molecule has 0 unspecified atom stereocenters. The third kappa shape index (κ3) is 2.53. The molecule has 1 aliphatic carbocycles. The summed E-state index contributed by atoms with van der Waals surface area (Å²) in [7, 11) is 0. The number of hydrogen-bond donors (Lipinski definition) is 2. The van der Waals surface area contributed by atoms with E-state index >= 15 is 0 Å². The molecule has 1 aromatic heterocycles. The normalized spacial score (nSPS) is 16.6. The molecular formula is C12H13N3O2. The van der Waals surface area contributed by atoms with Crippen molar-refractivity contribution in [2.75, 3.05) is 5.32 Å². The summed E-state index contributed by atoms with van der Waals surface area (Å²) in [5, 5.41) is 20.7. The number of anilines is 1. The Morgan fingerprint density at radius 2 is 2.35 bits per heavy atom. The Balaban J connectivity index is 2.08. The molecular weight excluding hydrogens is 218 g/mol. The number of carboxylic acids is 1. The average molecular weight is 231 g/mol. The monoisotopic (exact) mass is 231 g/mol. The smallest absolute Gasteiger partial charge is 0.305 e. The number of nitrogens with one attached hydrogen (secondary N) is 1. The van der Waals surface area contributed by atoms with Crippen LogP contribution < -0.4 is 5.32 Å². The Bertz CT molecular complexity index is 458. The summed E-state index contributed by atoms with van der Waals surface area (Å²) in [5.74, 6) is -0.793. The molecule has 0 amide bonds. The van der Waals surface area contributed by atoms with Crippen LogP contribution in [0.15, 0.2) is 18.3 Å². The molecule has 1 saturated carbocycles. The van der Waals surface area contributed by atoms with E-state index in [1.807, 2.05) is 6.07 Å². The number of pyridine rings is 1. The zero-order valence-electron chi connectivity index (χ0n) is 9.31. The molecule has 5 heteroatoms. The standard InChI is InChI=1S/C12H13N3O2/c13-7-9-2-3-10(8-14-9)15-12(4-1-5-12)6-11(16)17/h2-3,8,15H,1,4-6H2,(H,16,17). The lowest BCUT2D eigenvalue weighted by molar-refractivity contribution is -0.138. The van der Waals surface area contributed by atoms with Crippen LogP contribution >= 0.6 is 0 Å². The Morgan fingerprint density at radius 1 is 1.59 bits per heavy atom. The fourth-order valence-corrected chi connectivity index (χ4v) is 2.08. The minimum Gasteiger partial charge on any atom is -0.481 e. The topological polar surface area (TPSA) is 86.0 Å². The van der Waals surface area contributed by atoms with Gasteiger partial charge in [-0.25, -0.2) is 4.98 Å². The minimum absolute atomic E-state index is 0.118. The highest BCUT2D eigenvalue weighted by atomic mass is 16.4. The minimum atomic E-state index is -0.793. The van der Waals surface area contributed by atoms with E-state index in [9.17, 15) is 4.79 Å². The predicted octanol–water partition coefficient (Wildman–Crippen LogP) is 1.76. The fraction of sp³-hybridized carbons (Fsp3) is 0.417. The lowest BCUT2D eigenvalue weighted by Gasteiger charge is -2.42. The van der Waals surface area contributed by atoms with Gasteiger partial charge in [-0.1, -0.05) is 0 Å². The van der Waals surface area contributed by atoms with Crippen molar-refractivity contribution in [3.8, 4) is 6.07 Å². The number of nitriles is 1. The summed E-state index contributed by atoms with van der Waals surface area (Å²) in [5.41, 5.74) is 0.795. The first kappa shape index (κ1) is 11.4.